The SMILES string of the molecule is OCC(F)(F)CNC1CSCc2ccccc21. The second-order valence-electron chi connectivity index (χ2n) is 4.16. The van der Waals surface area contributed by atoms with Crippen LogP contribution >= 0.6 is 11.8 Å². The summed E-state index contributed by atoms with van der Waals surface area (Å²) in [6.45, 7) is -1.59. The van der Waals surface area contributed by atoms with Crippen molar-refractivity contribution >= 4 is 11.8 Å². The highest BCUT2D eigenvalue weighted by Gasteiger charge is 2.30. The number of fused-ring (bicyclic) bond motifs is 1. The maximum atomic E-state index is 13.0. The molecule has 0 fully saturated rings. The summed E-state index contributed by atoms with van der Waals surface area (Å²) in [7, 11) is 0. The third-order valence-electron chi connectivity index (χ3n) is 2.81. The highest BCUT2D eigenvalue weighted by molar-refractivity contribution is 7.98. The normalized spacial score (nSPS) is 20.1. The van der Waals surface area contributed by atoms with Gasteiger partial charge in [-0.1, -0.05) is 24.3 Å². The van der Waals surface area contributed by atoms with E-state index in [1.807, 2.05) is 24.3 Å². The molecule has 1 aromatic rings. The number of aliphatic hydroxyl groups excluding tert-OH is 1. The minimum Gasteiger partial charge on any atom is -0.390 e. The monoisotopic (exact) mass is 259 g/mol. The van der Waals surface area contributed by atoms with Crippen molar-refractivity contribution in [1.82, 2.24) is 5.32 Å². The molecule has 0 aromatic heterocycles. The summed E-state index contributed by atoms with van der Waals surface area (Å²) in [5, 5.41) is 11.4. The van der Waals surface area contributed by atoms with Gasteiger partial charge in [-0.15, -0.1) is 0 Å². The van der Waals surface area contributed by atoms with Crippen molar-refractivity contribution in [3.05, 3.63) is 35.4 Å². The van der Waals surface area contributed by atoms with Crippen molar-refractivity contribution in [3.63, 3.8) is 0 Å². The Bertz CT molecular complexity index is 387. The van der Waals surface area contributed by atoms with Gasteiger partial charge in [0, 0.05) is 17.5 Å². The molecule has 0 saturated carbocycles. The lowest BCUT2D eigenvalue weighted by atomic mass is 10.0. The van der Waals surface area contributed by atoms with E-state index in [1.54, 1.807) is 11.8 Å². The number of thioether (sulfide) groups is 1. The minimum atomic E-state index is -3.04. The molecule has 2 N–H and O–H groups in total. The Morgan fingerprint density at radius 3 is 2.94 bits per heavy atom. The number of nitrogens with one attached hydrogen (secondary N) is 1. The van der Waals surface area contributed by atoms with Crippen LogP contribution in [0.1, 0.15) is 17.2 Å². The van der Waals surface area contributed by atoms with Crippen LogP contribution in [0, 0.1) is 0 Å². The van der Waals surface area contributed by atoms with E-state index in [4.69, 9.17) is 5.11 Å². The predicted octanol–water partition coefficient (Wildman–Crippen LogP) is 2.19. The van der Waals surface area contributed by atoms with Gasteiger partial charge in [0.25, 0.3) is 5.92 Å². The molecule has 0 aliphatic carbocycles. The molecule has 1 atom stereocenters. The summed E-state index contributed by atoms with van der Waals surface area (Å²) < 4.78 is 25.9. The molecule has 0 amide bonds. The Morgan fingerprint density at radius 2 is 2.18 bits per heavy atom. The largest absolute Gasteiger partial charge is 0.390 e. The molecule has 5 heteroatoms. The number of aliphatic hydroxyl groups is 1. The topological polar surface area (TPSA) is 32.3 Å². The van der Waals surface area contributed by atoms with Gasteiger partial charge in [-0.05, 0) is 11.1 Å². The smallest absolute Gasteiger partial charge is 0.282 e. The van der Waals surface area contributed by atoms with Crippen LogP contribution in [0.25, 0.3) is 0 Å². The highest BCUT2D eigenvalue weighted by Crippen LogP contribution is 2.31. The number of rotatable bonds is 4. The van der Waals surface area contributed by atoms with E-state index < -0.39 is 19.1 Å². The molecular formula is C12H15F2NOS. The van der Waals surface area contributed by atoms with Crippen LogP contribution in [0.2, 0.25) is 0 Å². The lowest BCUT2D eigenvalue weighted by Crippen LogP contribution is -2.39. The molecule has 94 valence electrons. The first-order chi connectivity index (χ1) is 8.12. The Hall–Kier alpha value is -0.650. The van der Waals surface area contributed by atoms with E-state index in [0.717, 1.165) is 17.1 Å². The zero-order chi connectivity index (χ0) is 12.3. The fourth-order valence-corrected chi connectivity index (χ4v) is 3.01. The first-order valence-corrected chi connectivity index (χ1v) is 6.65. The lowest BCUT2D eigenvalue weighted by Gasteiger charge is -2.27. The Kier molecular flexibility index (Phi) is 4.01. The summed E-state index contributed by atoms with van der Waals surface area (Å²) >= 11 is 1.73. The quantitative estimate of drug-likeness (QED) is 0.869. The molecule has 1 aliphatic rings. The van der Waals surface area contributed by atoms with Gasteiger partial charge in [0.05, 0.1) is 6.54 Å². The molecule has 2 nitrogen and oxygen atoms in total. The molecule has 0 spiro atoms. The van der Waals surface area contributed by atoms with E-state index in [9.17, 15) is 8.78 Å². The number of hydrogen-bond donors (Lipinski definition) is 2. The van der Waals surface area contributed by atoms with Crippen LogP contribution in [0.15, 0.2) is 24.3 Å². The van der Waals surface area contributed by atoms with E-state index in [-0.39, 0.29) is 6.04 Å². The standard InChI is InChI=1S/C12H15F2NOS/c13-12(14,8-16)7-15-11-6-17-5-9-3-1-2-4-10(9)11/h1-4,11,15-16H,5-8H2. The van der Waals surface area contributed by atoms with Crippen molar-refractivity contribution in [2.45, 2.75) is 17.7 Å². The van der Waals surface area contributed by atoms with Gasteiger partial charge >= 0.3 is 0 Å². The molecule has 2 rings (SSSR count). The average Bonchev–Trinajstić information content (AvgIpc) is 2.36. The van der Waals surface area contributed by atoms with Crippen LogP contribution in [0.4, 0.5) is 8.78 Å². The number of benzene rings is 1. The summed E-state index contributed by atoms with van der Waals surface area (Å²) in [5.74, 6) is -1.32. The van der Waals surface area contributed by atoms with Gasteiger partial charge in [0.15, 0.2) is 0 Å². The number of hydrogen-bond acceptors (Lipinski definition) is 3. The van der Waals surface area contributed by atoms with E-state index in [0.29, 0.717) is 0 Å². The third-order valence-corrected chi connectivity index (χ3v) is 3.90. The molecule has 0 saturated heterocycles. The Morgan fingerprint density at radius 1 is 1.41 bits per heavy atom. The molecular weight excluding hydrogens is 244 g/mol. The Labute approximate surface area is 103 Å². The van der Waals surface area contributed by atoms with Gasteiger partial charge < -0.3 is 10.4 Å². The molecule has 17 heavy (non-hydrogen) atoms. The molecule has 1 aliphatic heterocycles. The highest BCUT2D eigenvalue weighted by atomic mass is 32.2. The molecule has 1 aromatic carbocycles. The van der Waals surface area contributed by atoms with Crippen LogP contribution in [-0.4, -0.2) is 29.9 Å². The van der Waals surface area contributed by atoms with Gasteiger partial charge in [-0.2, -0.15) is 11.8 Å². The molecule has 0 radical (unpaired) electrons. The predicted molar refractivity (Wildman–Crippen MR) is 65.4 cm³/mol. The first kappa shape index (κ1) is 12.8. The third kappa shape index (κ3) is 3.18. The van der Waals surface area contributed by atoms with E-state index >= 15 is 0 Å². The minimum absolute atomic E-state index is 0.0534. The number of alkyl halides is 2. The average molecular weight is 259 g/mol. The summed E-state index contributed by atoms with van der Waals surface area (Å²) in [6, 6.07) is 7.84. The maximum Gasteiger partial charge on any atom is 0.282 e. The van der Waals surface area contributed by atoms with Crippen molar-refractivity contribution in [1.29, 1.82) is 0 Å². The number of halogens is 2. The summed E-state index contributed by atoms with van der Waals surface area (Å²) in [6.07, 6.45) is 0. The van der Waals surface area contributed by atoms with Crippen LogP contribution in [-0.2, 0) is 5.75 Å². The van der Waals surface area contributed by atoms with Crippen molar-refractivity contribution in [2.24, 2.45) is 0 Å². The molecule has 1 unspecified atom stereocenters. The fraction of sp³-hybridized carbons (Fsp3) is 0.500. The fourth-order valence-electron chi connectivity index (χ4n) is 1.88. The van der Waals surface area contributed by atoms with Crippen LogP contribution in [0.3, 0.4) is 0 Å². The van der Waals surface area contributed by atoms with Crippen molar-refractivity contribution < 1.29 is 13.9 Å². The zero-order valence-corrected chi connectivity index (χ0v) is 10.1. The van der Waals surface area contributed by atoms with Gasteiger partial charge in [0.2, 0.25) is 0 Å². The summed E-state index contributed by atoms with van der Waals surface area (Å²) in [5.41, 5.74) is 2.30. The van der Waals surface area contributed by atoms with Gasteiger partial charge in [-0.3, -0.25) is 0 Å². The first-order valence-electron chi connectivity index (χ1n) is 5.50. The van der Waals surface area contributed by atoms with Gasteiger partial charge in [0.1, 0.15) is 6.61 Å². The zero-order valence-electron chi connectivity index (χ0n) is 9.33. The van der Waals surface area contributed by atoms with Crippen molar-refractivity contribution in [3.8, 4) is 0 Å². The van der Waals surface area contributed by atoms with E-state index in [1.165, 1.54) is 5.56 Å². The van der Waals surface area contributed by atoms with Gasteiger partial charge in [-0.25, -0.2) is 8.78 Å². The maximum absolute atomic E-state index is 13.0. The summed E-state index contributed by atoms with van der Waals surface area (Å²) in [4.78, 5) is 0. The molecule has 1 heterocycles. The molecule has 0 bridgehead atoms. The van der Waals surface area contributed by atoms with E-state index in [2.05, 4.69) is 5.32 Å². The Balaban J connectivity index is 2.04. The van der Waals surface area contributed by atoms with Crippen LogP contribution in [0.5, 0.6) is 0 Å². The van der Waals surface area contributed by atoms with Crippen molar-refractivity contribution in [2.75, 3.05) is 18.9 Å². The second kappa shape index (κ2) is 5.33. The van der Waals surface area contributed by atoms with Crippen LogP contribution < -0.4 is 5.32 Å². The second-order valence-corrected chi connectivity index (χ2v) is 5.19. The lowest BCUT2D eigenvalue weighted by molar-refractivity contribution is -0.0490.